The number of hydrogen-bond acceptors (Lipinski definition) is 4. The number of thiazole rings is 1. The molecule has 0 atom stereocenters. The molecule has 23 heavy (non-hydrogen) atoms. The van der Waals surface area contributed by atoms with Gasteiger partial charge in [0.25, 0.3) is 0 Å². The number of nitrogens with one attached hydrogen (secondary N) is 1. The van der Waals surface area contributed by atoms with Gasteiger partial charge in [-0.15, -0.1) is 23.7 Å². The summed E-state index contributed by atoms with van der Waals surface area (Å²) < 4.78 is 1.12. The first-order chi connectivity index (χ1) is 10.5. The molecule has 0 unspecified atom stereocenters. The molecule has 2 aromatic heterocycles. The van der Waals surface area contributed by atoms with Gasteiger partial charge < -0.3 is 5.32 Å². The van der Waals surface area contributed by atoms with Crippen molar-refractivity contribution >= 4 is 62.1 Å². The average molecular weight is 431 g/mol. The van der Waals surface area contributed by atoms with E-state index in [0.29, 0.717) is 5.15 Å². The lowest BCUT2D eigenvalue weighted by molar-refractivity contribution is 1.30. The van der Waals surface area contributed by atoms with Crippen LogP contribution in [0.2, 0.25) is 5.15 Å². The summed E-state index contributed by atoms with van der Waals surface area (Å²) in [6.45, 7) is 4.17. The van der Waals surface area contributed by atoms with Crippen molar-refractivity contribution in [1.29, 1.82) is 0 Å². The molecule has 0 amide bonds. The molecule has 0 radical (unpaired) electrons. The molecule has 0 saturated heterocycles. The third-order valence-electron chi connectivity index (χ3n) is 3.26. The van der Waals surface area contributed by atoms with Crippen LogP contribution in [0.4, 0.5) is 10.8 Å². The van der Waals surface area contributed by atoms with Gasteiger partial charge in [0.2, 0.25) is 0 Å². The molecule has 7 heteroatoms. The van der Waals surface area contributed by atoms with Crippen molar-refractivity contribution in [3.05, 3.63) is 56.6 Å². The topological polar surface area (TPSA) is 37.8 Å². The minimum atomic E-state index is 0. The van der Waals surface area contributed by atoms with Crippen molar-refractivity contribution in [2.45, 2.75) is 13.8 Å². The number of benzene rings is 1. The lowest BCUT2D eigenvalue weighted by atomic mass is 10.0. The third-order valence-corrected chi connectivity index (χ3v) is 5.10. The van der Waals surface area contributed by atoms with E-state index in [9.17, 15) is 0 Å². The predicted molar refractivity (Wildman–Crippen MR) is 105 cm³/mol. The number of aryl methyl sites for hydroxylation is 2. The van der Waals surface area contributed by atoms with Crippen LogP contribution in [0.25, 0.3) is 11.3 Å². The number of halogens is 3. The van der Waals surface area contributed by atoms with Gasteiger partial charge in [-0.05, 0) is 49.2 Å². The maximum absolute atomic E-state index is 5.79. The Morgan fingerprint density at radius 2 is 1.96 bits per heavy atom. The van der Waals surface area contributed by atoms with Gasteiger partial charge in [-0.3, -0.25) is 0 Å². The van der Waals surface area contributed by atoms with Crippen LogP contribution in [0.5, 0.6) is 0 Å². The first-order valence-electron chi connectivity index (χ1n) is 6.64. The maximum Gasteiger partial charge on any atom is 0.187 e. The van der Waals surface area contributed by atoms with E-state index in [1.165, 1.54) is 11.1 Å². The van der Waals surface area contributed by atoms with Gasteiger partial charge in [0.1, 0.15) is 5.15 Å². The number of rotatable bonds is 3. The van der Waals surface area contributed by atoms with Gasteiger partial charge in [-0.25, -0.2) is 9.97 Å². The Labute approximate surface area is 158 Å². The highest BCUT2D eigenvalue weighted by molar-refractivity contribution is 9.10. The molecule has 0 saturated carbocycles. The fraction of sp³-hybridized carbons (Fsp3) is 0.125. The number of anilines is 2. The second-order valence-corrected chi connectivity index (χ2v) is 7.05. The molecule has 1 N–H and O–H groups in total. The average Bonchev–Trinajstić information content (AvgIpc) is 2.93. The molecular formula is C16H14BrCl2N3S. The van der Waals surface area contributed by atoms with Gasteiger partial charge in [0.05, 0.1) is 17.6 Å². The van der Waals surface area contributed by atoms with E-state index in [-0.39, 0.29) is 12.4 Å². The molecule has 0 aliphatic carbocycles. The van der Waals surface area contributed by atoms with Crippen LogP contribution in [0.15, 0.2) is 40.3 Å². The van der Waals surface area contributed by atoms with Crippen molar-refractivity contribution in [2.75, 3.05) is 5.32 Å². The molecule has 3 nitrogen and oxygen atoms in total. The van der Waals surface area contributed by atoms with E-state index >= 15 is 0 Å². The van der Waals surface area contributed by atoms with Crippen LogP contribution >= 0.6 is 51.3 Å². The molecular weight excluding hydrogens is 417 g/mol. The van der Waals surface area contributed by atoms with Crippen LogP contribution in [0.1, 0.15) is 11.1 Å². The fourth-order valence-corrected chi connectivity index (χ4v) is 3.39. The zero-order chi connectivity index (χ0) is 15.7. The van der Waals surface area contributed by atoms with Crippen LogP contribution in [0, 0.1) is 13.8 Å². The molecule has 0 aliphatic heterocycles. The maximum atomic E-state index is 5.79. The zero-order valence-electron chi connectivity index (χ0n) is 12.4. The number of pyridine rings is 1. The molecule has 3 aromatic rings. The van der Waals surface area contributed by atoms with E-state index in [1.807, 2.05) is 6.07 Å². The van der Waals surface area contributed by atoms with E-state index < -0.39 is 0 Å². The van der Waals surface area contributed by atoms with Crippen molar-refractivity contribution in [2.24, 2.45) is 0 Å². The number of hydrogen-bond donors (Lipinski definition) is 1. The Balaban J connectivity index is 0.00000192. The highest BCUT2D eigenvalue weighted by Gasteiger charge is 2.09. The molecule has 1 aromatic carbocycles. The Morgan fingerprint density at radius 1 is 1.17 bits per heavy atom. The molecule has 120 valence electrons. The molecule has 3 rings (SSSR count). The quantitative estimate of drug-likeness (QED) is 0.488. The number of aromatic nitrogens is 2. The van der Waals surface area contributed by atoms with E-state index in [4.69, 9.17) is 11.6 Å². The monoisotopic (exact) mass is 429 g/mol. The highest BCUT2D eigenvalue weighted by Crippen LogP contribution is 2.32. The number of nitrogens with zero attached hydrogens (tertiary/aromatic N) is 2. The van der Waals surface area contributed by atoms with Crippen LogP contribution in [0.3, 0.4) is 0 Å². The summed E-state index contributed by atoms with van der Waals surface area (Å²) in [6, 6.07) is 7.91. The Hall–Kier alpha value is -1.14. The van der Waals surface area contributed by atoms with Crippen LogP contribution in [-0.4, -0.2) is 9.97 Å². The minimum absolute atomic E-state index is 0. The van der Waals surface area contributed by atoms with E-state index in [2.05, 4.69) is 62.6 Å². The summed E-state index contributed by atoms with van der Waals surface area (Å²) in [5.41, 5.74) is 5.39. The Bertz CT molecular complexity index is 819. The first-order valence-corrected chi connectivity index (χ1v) is 8.69. The van der Waals surface area contributed by atoms with Crippen molar-refractivity contribution in [3.63, 3.8) is 0 Å². The normalized spacial score (nSPS) is 10.3. The predicted octanol–water partition coefficient (Wildman–Crippen LogP) is 6.40. The van der Waals surface area contributed by atoms with Gasteiger partial charge in [0, 0.05) is 15.4 Å². The SMILES string of the molecule is Cc1cc(-c2csc(Nc3ccc(Cl)nc3)n2)c(C)cc1Br.Cl. The van der Waals surface area contributed by atoms with E-state index in [1.54, 1.807) is 23.6 Å². The van der Waals surface area contributed by atoms with Crippen molar-refractivity contribution in [1.82, 2.24) is 9.97 Å². The van der Waals surface area contributed by atoms with Crippen LogP contribution in [-0.2, 0) is 0 Å². The molecule has 0 fully saturated rings. The Kier molecular flexibility index (Phi) is 6.03. The van der Waals surface area contributed by atoms with E-state index in [0.717, 1.165) is 26.5 Å². The summed E-state index contributed by atoms with van der Waals surface area (Å²) in [6.07, 6.45) is 1.69. The zero-order valence-corrected chi connectivity index (χ0v) is 16.4. The first kappa shape index (κ1) is 18.2. The summed E-state index contributed by atoms with van der Waals surface area (Å²) in [5, 5.41) is 6.61. The smallest absolute Gasteiger partial charge is 0.187 e. The standard InChI is InChI=1S/C16H13BrClN3S.ClH/c1-9-6-13(17)10(2)5-12(9)14-8-22-16(21-14)20-11-3-4-15(18)19-7-11;/h3-8H,1-2H3,(H,20,21);1H. The summed E-state index contributed by atoms with van der Waals surface area (Å²) in [4.78, 5) is 8.71. The van der Waals surface area contributed by atoms with Gasteiger partial charge in [0.15, 0.2) is 5.13 Å². The largest absolute Gasteiger partial charge is 0.330 e. The van der Waals surface area contributed by atoms with Gasteiger partial charge in [-0.1, -0.05) is 27.5 Å². The summed E-state index contributed by atoms with van der Waals surface area (Å²) in [7, 11) is 0. The van der Waals surface area contributed by atoms with Crippen LogP contribution < -0.4 is 5.32 Å². The summed E-state index contributed by atoms with van der Waals surface area (Å²) in [5.74, 6) is 0. The molecule has 0 spiro atoms. The van der Waals surface area contributed by atoms with Crippen molar-refractivity contribution in [3.8, 4) is 11.3 Å². The van der Waals surface area contributed by atoms with Gasteiger partial charge in [-0.2, -0.15) is 0 Å². The second-order valence-electron chi connectivity index (χ2n) is 4.95. The van der Waals surface area contributed by atoms with Gasteiger partial charge >= 0.3 is 0 Å². The second kappa shape index (κ2) is 7.62. The highest BCUT2D eigenvalue weighted by atomic mass is 79.9. The lowest BCUT2D eigenvalue weighted by Crippen LogP contribution is -1.91. The Morgan fingerprint density at radius 3 is 2.65 bits per heavy atom. The third kappa shape index (κ3) is 4.23. The minimum Gasteiger partial charge on any atom is -0.330 e. The van der Waals surface area contributed by atoms with Crippen molar-refractivity contribution < 1.29 is 0 Å². The lowest BCUT2D eigenvalue weighted by Gasteiger charge is -2.06. The molecule has 0 bridgehead atoms. The summed E-state index contributed by atoms with van der Waals surface area (Å²) >= 11 is 10.9. The molecule has 0 aliphatic rings. The fourth-order valence-electron chi connectivity index (χ4n) is 2.09. The molecule has 2 heterocycles.